The Morgan fingerprint density at radius 3 is 2.00 bits per heavy atom. The van der Waals surface area contributed by atoms with Crippen molar-refractivity contribution in [2.45, 2.75) is 72.1 Å². The predicted molar refractivity (Wildman–Crippen MR) is 69.2 cm³/mol. The number of nitrogens with one attached hydrogen (secondary N) is 1. The van der Waals surface area contributed by atoms with Gasteiger partial charge < -0.3 is 14.8 Å². The van der Waals surface area contributed by atoms with Crippen LogP contribution in [0, 0.1) is 0 Å². The average Bonchev–Trinajstić information content (AvgIpc) is 2.07. The fourth-order valence-corrected chi connectivity index (χ4v) is 1.09. The maximum absolute atomic E-state index is 11.6. The summed E-state index contributed by atoms with van der Waals surface area (Å²) in [6, 6.07) is -0.0101. The Hall–Kier alpha value is -0.770. The van der Waals surface area contributed by atoms with Gasteiger partial charge in [-0.3, -0.25) is 0 Å². The van der Waals surface area contributed by atoms with E-state index >= 15 is 0 Å². The average molecular weight is 245 g/mol. The number of hydrogen-bond acceptors (Lipinski definition) is 3. The van der Waals surface area contributed by atoms with Gasteiger partial charge in [-0.2, -0.15) is 0 Å². The topological polar surface area (TPSA) is 47.6 Å². The normalized spacial score (nSPS) is 14.3. The lowest BCUT2D eigenvalue weighted by Gasteiger charge is -2.26. The van der Waals surface area contributed by atoms with Gasteiger partial charge in [-0.05, 0) is 48.0 Å². The molecule has 0 heterocycles. The molecule has 0 aliphatic carbocycles. The first-order valence-electron chi connectivity index (χ1n) is 6.17. The Bertz CT molecular complexity index is 238. The molecule has 0 unspecified atom stereocenters. The van der Waals surface area contributed by atoms with Crippen LogP contribution in [0.4, 0.5) is 4.79 Å². The SMILES string of the molecule is CC[C@H](COC(C)(C)C)NC(=O)OC(C)(C)C. The molecular formula is C13H27NO3. The molecule has 1 amide bonds. The lowest BCUT2D eigenvalue weighted by molar-refractivity contribution is -0.0175. The molecule has 0 aliphatic rings. The zero-order chi connectivity index (χ0) is 13.7. The van der Waals surface area contributed by atoms with Crippen molar-refractivity contribution in [3.05, 3.63) is 0 Å². The molecule has 4 heteroatoms. The van der Waals surface area contributed by atoms with E-state index in [4.69, 9.17) is 9.47 Å². The number of carbonyl (C=O) groups excluding carboxylic acids is 1. The molecule has 0 bridgehead atoms. The van der Waals surface area contributed by atoms with Crippen molar-refractivity contribution in [3.8, 4) is 0 Å². The van der Waals surface area contributed by atoms with Gasteiger partial charge in [0.25, 0.3) is 0 Å². The molecule has 1 atom stereocenters. The molecule has 0 aromatic carbocycles. The van der Waals surface area contributed by atoms with Crippen LogP contribution in [-0.4, -0.2) is 29.9 Å². The van der Waals surface area contributed by atoms with Crippen LogP contribution in [-0.2, 0) is 9.47 Å². The molecule has 0 rings (SSSR count). The number of amides is 1. The van der Waals surface area contributed by atoms with Crippen LogP contribution in [0.15, 0.2) is 0 Å². The summed E-state index contributed by atoms with van der Waals surface area (Å²) >= 11 is 0. The smallest absolute Gasteiger partial charge is 0.407 e. The third-order valence-corrected chi connectivity index (χ3v) is 1.93. The maximum Gasteiger partial charge on any atom is 0.407 e. The van der Waals surface area contributed by atoms with Crippen LogP contribution in [0.3, 0.4) is 0 Å². The van der Waals surface area contributed by atoms with E-state index in [-0.39, 0.29) is 17.7 Å². The Kier molecular flexibility index (Phi) is 5.96. The molecule has 17 heavy (non-hydrogen) atoms. The van der Waals surface area contributed by atoms with Gasteiger partial charge in [0.15, 0.2) is 0 Å². The highest BCUT2D eigenvalue weighted by Gasteiger charge is 2.20. The highest BCUT2D eigenvalue weighted by molar-refractivity contribution is 5.68. The molecule has 0 aromatic heterocycles. The number of alkyl carbamates (subject to hydrolysis) is 1. The first kappa shape index (κ1) is 16.2. The Morgan fingerprint density at radius 1 is 1.12 bits per heavy atom. The Morgan fingerprint density at radius 2 is 1.65 bits per heavy atom. The van der Waals surface area contributed by atoms with E-state index in [1.807, 2.05) is 48.5 Å². The summed E-state index contributed by atoms with van der Waals surface area (Å²) in [5.41, 5.74) is -0.656. The third kappa shape index (κ3) is 10.1. The van der Waals surface area contributed by atoms with Gasteiger partial charge >= 0.3 is 6.09 Å². The van der Waals surface area contributed by atoms with Crippen molar-refractivity contribution in [2.24, 2.45) is 0 Å². The van der Waals surface area contributed by atoms with Crippen LogP contribution in [0.25, 0.3) is 0 Å². The van der Waals surface area contributed by atoms with Gasteiger partial charge in [0.05, 0.1) is 18.2 Å². The van der Waals surface area contributed by atoms with Crippen molar-refractivity contribution in [1.29, 1.82) is 0 Å². The molecule has 1 N–H and O–H groups in total. The highest BCUT2D eigenvalue weighted by Crippen LogP contribution is 2.10. The van der Waals surface area contributed by atoms with E-state index in [1.165, 1.54) is 0 Å². The number of rotatable bonds is 4. The molecule has 0 aliphatic heterocycles. The Balaban J connectivity index is 4.09. The van der Waals surface area contributed by atoms with Crippen molar-refractivity contribution >= 4 is 6.09 Å². The fraction of sp³-hybridized carbons (Fsp3) is 0.923. The van der Waals surface area contributed by atoms with Crippen LogP contribution < -0.4 is 5.32 Å². The number of hydrogen-bond donors (Lipinski definition) is 1. The number of ether oxygens (including phenoxy) is 2. The summed E-state index contributed by atoms with van der Waals surface area (Å²) in [7, 11) is 0. The second-order valence-corrected chi connectivity index (χ2v) is 6.17. The first-order valence-corrected chi connectivity index (χ1v) is 6.17. The molecular weight excluding hydrogens is 218 g/mol. The summed E-state index contributed by atoms with van der Waals surface area (Å²) < 4.78 is 10.8. The molecule has 102 valence electrons. The highest BCUT2D eigenvalue weighted by atomic mass is 16.6. The van der Waals surface area contributed by atoms with Crippen LogP contribution in [0.5, 0.6) is 0 Å². The molecule has 0 aromatic rings. The third-order valence-electron chi connectivity index (χ3n) is 1.93. The minimum Gasteiger partial charge on any atom is -0.444 e. The zero-order valence-electron chi connectivity index (χ0n) is 12.2. The number of carbonyl (C=O) groups is 1. The van der Waals surface area contributed by atoms with Crippen molar-refractivity contribution < 1.29 is 14.3 Å². The van der Waals surface area contributed by atoms with Crippen LogP contribution in [0.2, 0.25) is 0 Å². The summed E-state index contributed by atoms with van der Waals surface area (Å²) in [5.74, 6) is 0. The minimum atomic E-state index is -0.465. The fourth-order valence-electron chi connectivity index (χ4n) is 1.09. The van der Waals surface area contributed by atoms with Crippen LogP contribution >= 0.6 is 0 Å². The summed E-state index contributed by atoms with van der Waals surface area (Å²) in [4.78, 5) is 11.6. The summed E-state index contributed by atoms with van der Waals surface area (Å²) in [5, 5.41) is 2.81. The summed E-state index contributed by atoms with van der Waals surface area (Å²) in [6.07, 6.45) is 0.428. The van der Waals surface area contributed by atoms with Crippen molar-refractivity contribution in [1.82, 2.24) is 5.32 Å². The standard InChI is InChI=1S/C13H27NO3/c1-8-10(9-16-12(2,3)4)14-11(15)17-13(5,6)7/h10H,8-9H2,1-7H3,(H,14,15)/t10-/m1/s1. The van der Waals surface area contributed by atoms with E-state index in [1.54, 1.807) is 0 Å². The van der Waals surface area contributed by atoms with Gasteiger partial charge in [0.1, 0.15) is 5.60 Å². The zero-order valence-corrected chi connectivity index (χ0v) is 12.2. The minimum absolute atomic E-state index is 0.0101. The molecule has 0 spiro atoms. The monoisotopic (exact) mass is 245 g/mol. The second-order valence-electron chi connectivity index (χ2n) is 6.17. The maximum atomic E-state index is 11.6. The lowest BCUT2D eigenvalue weighted by atomic mass is 10.2. The molecule has 0 saturated heterocycles. The van der Waals surface area contributed by atoms with Gasteiger partial charge in [-0.25, -0.2) is 4.79 Å². The van der Waals surface area contributed by atoms with E-state index in [2.05, 4.69) is 5.32 Å². The first-order chi connectivity index (χ1) is 7.53. The summed E-state index contributed by atoms with van der Waals surface area (Å²) in [6.45, 7) is 14.0. The molecule has 4 nitrogen and oxygen atoms in total. The van der Waals surface area contributed by atoms with Gasteiger partial charge in [0, 0.05) is 0 Å². The largest absolute Gasteiger partial charge is 0.444 e. The van der Waals surface area contributed by atoms with Crippen LogP contribution in [0.1, 0.15) is 54.9 Å². The van der Waals surface area contributed by atoms with Crippen molar-refractivity contribution in [2.75, 3.05) is 6.61 Å². The van der Waals surface area contributed by atoms with E-state index in [0.717, 1.165) is 6.42 Å². The predicted octanol–water partition coefficient (Wildman–Crippen LogP) is 3.10. The molecule has 0 radical (unpaired) electrons. The molecule has 0 saturated carbocycles. The van der Waals surface area contributed by atoms with E-state index in [0.29, 0.717) is 6.61 Å². The van der Waals surface area contributed by atoms with E-state index < -0.39 is 5.60 Å². The van der Waals surface area contributed by atoms with Crippen molar-refractivity contribution in [3.63, 3.8) is 0 Å². The Labute approximate surface area is 105 Å². The van der Waals surface area contributed by atoms with Gasteiger partial charge in [-0.1, -0.05) is 6.92 Å². The van der Waals surface area contributed by atoms with Gasteiger partial charge in [-0.15, -0.1) is 0 Å². The van der Waals surface area contributed by atoms with Gasteiger partial charge in [0.2, 0.25) is 0 Å². The quantitative estimate of drug-likeness (QED) is 0.828. The second kappa shape index (κ2) is 6.24. The van der Waals surface area contributed by atoms with E-state index in [9.17, 15) is 4.79 Å². The molecule has 0 fully saturated rings. The lowest BCUT2D eigenvalue weighted by Crippen LogP contribution is -2.42.